The summed E-state index contributed by atoms with van der Waals surface area (Å²) >= 11 is 0. The lowest BCUT2D eigenvalue weighted by molar-refractivity contribution is -0.137. The number of likely N-dealkylation sites (N-methyl/N-ethyl adjacent to an activating group) is 1. The largest absolute Gasteiger partial charge is 0.494 e. The molecule has 170 valence electrons. The fourth-order valence-corrected chi connectivity index (χ4v) is 2.52. The SMILES string of the molecule is CCOC(=O)/C=C(\C=C\C(C(=O)c1ccc(C)cc1)N(C)C(=O)OC(C)(C)C)OCC. The lowest BCUT2D eigenvalue weighted by Gasteiger charge is -2.28. The number of rotatable bonds is 9. The monoisotopic (exact) mass is 431 g/mol. The van der Waals surface area contributed by atoms with Crippen LogP contribution in [0.2, 0.25) is 0 Å². The molecule has 31 heavy (non-hydrogen) atoms. The zero-order valence-electron chi connectivity index (χ0n) is 19.4. The summed E-state index contributed by atoms with van der Waals surface area (Å²) in [6.07, 6.45) is 3.55. The van der Waals surface area contributed by atoms with Gasteiger partial charge in [0.25, 0.3) is 0 Å². The van der Waals surface area contributed by atoms with E-state index < -0.39 is 23.7 Å². The van der Waals surface area contributed by atoms with Crippen LogP contribution in [0.15, 0.2) is 48.3 Å². The molecule has 0 aliphatic carbocycles. The number of Topliss-reactive ketones (excluding diaryl/α,β-unsaturated/α-hetero) is 1. The summed E-state index contributed by atoms with van der Waals surface area (Å²) in [5.41, 5.74) is 0.746. The minimum atomic E-state index is -0.969. The molecule has 0 spiro atoms. The zero-order valence-corrected chi connectivity index (χ0v) is 19.4. The number of ether oxygens (including phenoxy) is 3. The van der Waals surface area contributed by atoms with E-state index in [2.05, 4.69) is 0 Å². The Bertz CT molecular complexity index is 817. The molecule has 0 radical (unpaired) electrons. The van der Waals surface area contributed by atoms with Gasteiger partial charge in [-0.1, -0.05) is 35.9 Å². The number of carbonyl (C=O) groups excluding carboxylic acids is 3. The molecule has 0 saturated heterocycles. The maximum atomic E-state index is 13.2. The number of hydrogen-bond acceptors (Lipinski definition) is 6. The molecular weight excluding hydrogens is 398 g/mol. The van der Waals surface area contributed by atoms with Crippen LogP contribution in [0.1, 0.15) is 50.5 Å². The Kier molecular flexibility index (Phi) is 9.99. The van der Waals surface area contributed by atoms with Crippen molar-refractivity contribution >= 4 is 17.8 Å². The van der Waals surface area contributed by atoms with Gasteiger partial charge in [-0.15, -0.1) is 0 Å². The maximum Gasteiger partial charge on any atom is 0.410 e. The molecule has 1 unspecified atom stereocenters. The van der Waals surface area contributed by atoms with Crippen LogP contribution in [-0.4, -0.2) is 54.7 Å². The Morgan fingerprint density at radius 1 is 1.03 bits per heavy atom. The van der Waals surface area contributed by atoms with Gasteiger partial charge in [-0.05, 0) is 47.6 Å². The number of benzene rings is 1. The number of allylic oxidation sites excluding steroid dienone is 1. The zero-order chi connectivity index (χ0) is 23.6. The van der Waals surface area contributed by atoms with Gasteiger partial charge in [0.2, 0.25) is 0 Å². The van der Waals surface area contributed by atoms with Crippen LogP contribution in [0, 0.1) is 6.92 Å². The number of hydrogen-bond donors (Lipinski definition) is 0. The molecule has 1 atom stereocenters. The molecular formula is C24H33NO6. The molecule has 7 nitrogen and oxygen atoms in total. The second-order valence-electron chi connectivity index (χ2n) is 7.86. The summed E-state index contributed by atoms with van der Waals surface area (Å²) in [5, 5.41) is 0. The summed E-state index contributed by atoms with van der Waals surface area (Å²) in [6.45, 7) is 11.2. The predicted molar refractivity (Wildman–Crippen MR) is 119 cm³/mol. The molecule has 0 aromatic heterocycles. The quantitative estimate of drug-likeness (QED) is 0.189. The third-order valence-electron chi connectivity index (χ3n) is 4.00. The topological polar surface area (TPSA) is 82.1 Å². The highest BCUT2D eigenvalue weighted by molar-refractivity contribution is 6.02. The minimum absolute atomic E-state index is 0.222. The highest BCUT2D eigenvalue weighted by atomic mass is 16.6. The molecule has 1 rings (SSSR count). The first-order valence-electron chi connectivity index (χ1n) is 10.2. The maximum absolute atomic E-state index is 13.2. The third-order valence-corrected chi connectivity index (χ3v) is 4.00. The van der Waals surface area contributed by atoms with Crippen LogP contribution < -0.4 is 0 Å². The lowest BCUT2D eigenvalue weighted by Crippen LogP contribution is -2.44. The fourth-order valence-electron chi connectivity index (χ4n) is 2.52. The van der Waals surface area contributed by atoms with E-state index in [4.69, 9.17) is 14.2 Å². The Balaban J connectivity index is 3.28. The van der Waals surface area contributed by atoms with E-state index in [9.17, 15) is 14.4 Å². The van der Waals surface area contributed by atoms with Crippen molar-refractivity contribution in [2.75, 3.05) is 20.3 Å². The molecule has 1 aromatic rings. The number of nitrogens with zero attached hydrogens (tertiary/aromatic N) is 1. The van der Waals surface area contributed by atoms with Crippen LogP contribution in [0.4, 0.5) is 4.79 Å². The van der Waals surface area contributed by atoms with E-state index in [1.54, 1.807) is 46.8 Å². The van der Waals surface area contributed by atoms with Crippen molar-refractivity contribution in [3.63, 3.8) is 0 Å². The van der Waals surface area contributed by atoms with Gasteiger partial charge in [-0.3, -0.25) is 9.69 Å². The number of aryl methyl sites for hydroxylation is 1. The van der Waals surface area contributed by atoms with Crippen molar-refractivity contribution in [1.82, 2.24) is 4.90 Å². The van der Waals surface area contributed by atoms with Crippen molar-refractivity contribution in [2.45, 2.75) is 53.2 Å². The molecule has 0 fully saturated rings. The molecule has 1 amide bonds. The summed E-state index contributed by atoms with van der Waals surface area (Å²) in [6, 6.07) is 6.10. The van der Waals surface area contributed by atoms with Crippen LogP contribution in [0.3, 0.4) is 0 Å². The summed E-state index contributed by atoms with van der Waals surface area (Å²) in [7, 11) is 1.49. The van der Waals surface area contributed by atoms with Gasteiger partial charge < -0.3 is 14.2 Å². The van der Waals surface area contributed by atoms with Crippen molar-refractivity contribution in [3.8, 4) is 0 Å². The smallest absolute Gasteiger partial charge is 0.410 e. The van der Waals surface area contributed by atoms with Crippen LogP contribution in [0.5, 0.6) is 0 Å². The number of ketones is 1. The summed E-state index contributed by atoms with van der Waals surface area (Å²) in [5.74, 6) is -0.630. The van der Waals surface area contributed by atoms with Gasteiger partial charge in [-0.2, -0.15) is 0 Å². The molecule has 7 heteroatoms. The van der Waals surface area contributed by atoms with Gasteiger partial charge >= 0.3 is 12.1 Å². The second kappa shape index (κ2) is 11.9. The van der Waals surface area contributed by atoms with Crippen LogP contribution >= 0.6 is 0 Å². The van der Waals surface area contributed by atoms with E-state index >= 15 is 0 Å². The van der Waals surface area contributed by atoms with Gasteiger partial charge in [0.15, 0.2) is 5.78 Å². The Morgan fingerprint density at radius 3 is 2.13 bits per heavy atom. The van der Waals surface area contributed by atoms with E-state index in [1.807, 2.05) is 19.1 Å². The molecule has 0 aliphatic rings. The summed E-state index contributed by atoms with van der Waals surface area (Å²) in [4.78, 5) is 38.8. The Hall–Kier alpha value is -3.09. The van der Waals surface area contributed by atoms with Gasteiger partial charge in [-0.25, -0.2) is 9.59 Å². The fraction of sp³-hybridized carbons (Fsp3) is 0.458. The van der Waals surface area contributed by atoms with Crippen molar-refractivity contribution in [1.29, 1.82) is 0 Å². The average Bonchev–Trinajstić information content (AvgIpc) is 2.67. The van der Waals surface area contributed by atoms with E-state index in [1.165, 1.54) is 30.2 Å². The summed E-state index contributed by atoms with van der Waals surface area (Å²) < 4.78 is 15.8. The van der Waals surface area contributed by atoms with Crippen LogP contribution in [0.25, 0.3) is 0 Å². The first-order chi connectivity index (χ1) is 14.5. The second-order valence-corrected chi connectivity index (χ2v) is 7.86. The first kappa shape index (κ1) is 25.9. The van der Waals surface area contributed by atoms with Crippen molar-refractivity contribution in [3.05, 3.63) is 59.4 Å². The Morgan fingerprint density at radius 2 is 1.61 bits per heavy atom. The molecule has 0 heterocycles. The Labute approximate surface area is 184 Å². The third kappa shape index (κ3) is 9.07. The first-order valence-corrected chi connectivity index (χ1v) is 10.2. The number of carbonyl (C=O) groups is 3. The molecule has 0 saturated carbocycles. The standard InChI is InChI=1S/C24H33NO6/c1-8-29-19(16-21(26)30-9-2)14-15-20(25(7)23(28)31-24(4,5)6)22(27)18-12-10-17(3)11-13-18/h10-16,20H,8-9H2,1-7H3/b15-14+,19-16+. The van der Waals surface area contributed by atoms with E-state index in [0.717, 1.165) is 5.56 Å². The lowest BCUT2D eigenvalue weighted by atomic mass is 10.0. The van der Waals surface area contributed by atoms with E-state index in [0.29, 0.717) is 12.2 Å². The molecule has 0 aliphatic heterocycles. The van der Waals surface area contributed by atoms with E-state index in [-0.39, 0.29) is 18.1 Å². The van der Waals surface area contributed by atoms with Gasteiger partial charge in [0.05, 0.1) is 19.3 Å². The normalized spacial score (nSPS) is 12.9. The molecule has 0 N–H and O–H groups in total. The van der Waals surface area contributed by atoms with Crippen molar-refractivity contribution in [2.24, 2.45) is 0 Å². The number of amides is 1. The number of esters is 1. The van der Waals surface area contributed by atoms with Crippen LogP contribution in [-0.2, 0) is 19.0 Å². The van der Waals surface area contributed by atoms with Gasteiger partial charge in [0.1, 0.15) is 17.4 Å². The van der Waals surface area contributed by atoms with Crippen molar-refractivity contribution < 1.29 is 28.6 Å². The minimum Gasteiger partial charge on any atom is -0.494 e. The predicted octanol–water partition coefficient (Wildman–Crippen LogP) is 4.45. The molecule has 0 bridgehead atoms. The molecule has 1 aromatic carbocycles. The highest BCUT2D eigenvalue weighted by Crippen LogP contribution is 2.16. The highest BCUT2D eigenvalue weighted by Gasteiger charge is 2.29. The van der Waals surface area contributed by atoms with Gasteiger partial charge in [0, 0.05) is 12.6 Å². The average molecular weight is 432 g/mol.